The second-order valence-electron chi connectivity index (χ2n) is 7.05. The van der Waals surface area contributed by atoms with E-state index in [0.29, 0.717) is 30.4 Å². The van der Waals surface area contributed by atoms with Gasteiger partial charge < -0.3 is 14.0 Å². The molecular weight excluding hydrogens is 394 g/mol. The molecule has 1 aromatic carbocycles. The average Bonchev–Trinajstić information content (AvgIpc) is 3.19. The van der Waals surface area contributed by atoms with Gasteiger partial charge in [-0.15, -0.1) is 0 Å². The number of hydrogen-bond donors (Lipinski definition) is 0. The van der Waals surface area contributed by atoms with Gasteiger partial charge >= 0.3 is 5.97 Å². The van der Waals surface area contributed by atoms with Crippen molar-refractivity contribution < 1.29 is 14.3 Å². The zero-order valence-electron chi connectivity index (χ0n) is 16.1. The van der Waals surface area contributed by atoms with Crippen LogP contribution in [0.4, 0.5) is 0 Å². The van der Waals surface area contributed by atoms with Gasteiger partial charge in [-0.25, -0.2) is 4.79 Å². The van der Waals surface area contributed by atoms with Gasteiger partial charge in [0.25, 0.3) is 5.56 Å². The predicted molar refractivity (Wildman–Crippen MR) is 109 cm³/mol. The van der Waals surface area contributed by atoms with Gasteiger partial charge in [-0.05, 0) is 37.5 Å². The lowest BCUT2D eigenvalue weighted by atomic mass is 9.97. The summed E-state index contributed by atoms with van der Waals surface area (Å²) in [6.07, 6.45) is 3.28. The smallest absolute Gasteiger partial charge is 0.345 e. The fourth-order valence-corrected chi connectivity index (χ4v) is 3.72. The fraction of sp³-hybridized carbons (Fsp3) is 0.381. The van der Waals surface area contributed by atoms with Crippen molar-refractivity contribution in [2.24, 2.45) is 0 Å². The van der Waals surface area contributed by atoms with Crippen LogP contribution >= 0.6 is 11.6 Å². The molecule has 1 aliphatic heterocycles. The van der Waals surface area contributed by atoms with Gasteiger partial charge in [-0.1, -0.05) is 23.7 Å². The van der Waals surface area contributed by atoms with Gasteiger partial charge in [0, 0.05) is 43.0 Å². The molecule has 0 spiro atoms. The van der Waals surface area contributed by atoms with Crippen molar-refractivity contribution in [3.05, 3.63) is 68.7 Å². The third kappa shape index (κ3) is 4.06. The number of ether oxygens (including phenoxy) is 2. The molecule has 1 fully saturated rings. The van der Waals surface area contributed by atoms with Crippen molar-refractivity contribution in [3.63, 3.8) is 0 Å². The molecule has 8 heteroatoms. The van der Waals surface area contributed by atoms with E-state index < -0.39 is 11.5 Å². The summed E-state index contributed by atoms with van der Waals surface area (Å²) in [6.45, 7) is 3.73. The summed E-state index contributed by atoms with van der Waals surface area (Å²) in [5.74, 6) is -0.412. The zero-order chi connectivity index (χ0) is 20.4. The van der Waals surface area contributed by atoms with E-state index in [2.05, 4.69) is 5.10 Å². The van der Waals surface area contributed by atoms with Gasteiger partial charge in [0.15, 0.2) is 0 Å². The van der Waals surface area contributed by atoms with Crippen LogP contribution in [0.25, 0.3) is 5.65 Å². The standard InChI is InChI=1S/C21H22ClN3O4/c1-2-29-21(27)17-13-24(12-14-3-5-16(22)6-4-14)19-11-18(23-25(19)20(17)26)15-7-9-28-10-8-15/h3-6,11,13,15H,2,7-10,12H2,1H3. The van der Waals surface area contributed by atoms with Gasteiger partial charge in [-0.3, -0.25) is 4.79 Å². The number of carbonyl (C=O) groups is 1. The number of fused-ring (bicyclic) bond motifs is 1. The van der Waals surface area contributed by atoms with Crippen LogP contribution in [-0.2, 0) is 16.0 Å². The molecule has 0 unspecified atom stereocenters. The van der Waals surface area contributed by atoms with Crippen LogP contribution in [-0.4, -0.2) is 40.0 Å². The van der Waals surface area contributed by atoms with Crippen LogP contribution in [0.3, 0.4) is 0 Å². The minimum atomic E-state index is -0.646. The summed E-state index contributed by atoms with van der Waals surface area (Å²) in [6, 6.07) is 9.38. The maximum atomic E-state index is 12.9. The largest absolute Gasteiger partial charge is 0.462 e. The average molecular weight is 416 g/mol. The molecule has 0 bridgehead atoms. The number of aromatic nitrogens is 3. The number of esters is 1. The first-order valence-corrected chi connectivity index (χ1v) is 10.1. The lowest BCUT2D eigenvalue weighted by Crippen LogP contribution is -2.27. The van der Waals surface area contributed by atoms with E-state index in [-0.39, 0.29) is 18.1 Å². The molecule has 2 aromatic heterocycles. The normalized spacial score (nSPS) is 15.0. The molecule has 3 heterocycles. The lowest BCUT2D eigenvalue weighted by Gasteiger charge is -2.19. The lowest BCUT2D eigenvalue weighted by molar-refractivity contribution is 0.0523. The van der Waals surface area contributed by atoms with Crippen molar-refractivity contribution in [1.82, 2.24) is 14.2 Å². The molecule has 1 saturated heterocycles. The van der Waals surface area contributed by atoms with Crippen LogP contribution in [0.1, 0.15) is 47.3 Å². The molecule has 0 aliphatic carbocycles. The molecule has 3 aromatic rings. The minimum absolute atomic E-state index is 0.0325. The Kier molecular flexibility index (Phi) is 5.69. The third-order valence-corrected chi connectivity index (χ3v) is 5.36. The number of benzene rings is 1. The van der Waals surface area contributed by atoms with Crippen molar-refractivity contribution in [2.75, 3.05) is 19.8 Å². The van der Waals surface area contributed by atoms with Crippen LogP contribution < -0.4 is 5.56 Å². The number of halogens is 1. The van der Waals surface area contributed by atoms with Crippen molar-refractivity contribution >= 4 is 23.2 Å². The SMILES string of the molecule is CCOC(=O)c1cn(Cc2ccc(Cl)cc2)c2cc(C3CCOCC3)nn2c1=O. The van der Waals surface area contributed by atoms with E-state index in [1.165, 1.54) is 4.52 Å². The van der Waals surface area contributed by atoms with E-state index in [1.54, 1.807) is 13.1 Å². The molecule has 0 amide bonds. The fourth-order valence-electron chi connectivity index (χ4n) is 3.59. The molecule has 4 rings (SSSR count). The van der Waals surface area contributed by atoms with Gasteiger partial charge in [0.05, 0.1) is 12.3 Å². The summed E-state index contributed by atoms with van der Waals surface area (Å²) in [5.41, 5.74) is 1.97. The van der Waals surface area contributed by atoms with Gasteiger partial charge in [0.2, 0.25) is 0 Å². The molecule has 7 nitrogen and oxygen atoms in total. The van der Waals surface area contributed by atoms with Crippen LogP contribution in [0.5, 0.6) is 0 Å². The number of hydrogen-bond acceptors (Lipinski definition) is 5. The maximum absolute atomic E-state index is 12.9. The van der Waals surface area contributed by atoms with Gasteiger partial charge in [0.1, 0.15) is 11.2 Å². The van der Waals surface area contributed by atoms with Gasteiger partial charge in [-0.2, -0.15) is 9.61 Å². The first-order chi connectivity index (χ1) is 14.1. The molecule has 152 valence electrons. The number of nitrogens with zero attached hydrogens (tertiary/aromatic N) is 3. The highest BCUT2D eigenvalue weighted by Gasteiger charge is 2.23. The second-order valence-corrected chi connectivity index (χ2v) is 7.49. The molecule has 0 saturated carbocycles. The Morgan fingerprint density at radius 1 is 1.28 bits per heavy atom. The highest BCUT2D eigenvalue weighted by molar-refractivity contribution is 6.30. The molecule has 29 heavy (non-hydrogen) atoms. The quantitative estimate of drug-likeness (QED) is 0.598. The molecule has 0 atom stereocenters. The summed E-state index contributed by atoms with van der Waals surface area (Å²) in [4.78, 5) is 25.3. The monoisotopic (exact) mass is 415 g/mol. The first-order valence-electron chi connectivity index (χ1n) is 9.69. The Labute approximate surface area is 172 Å². The zero-order valence-corrected chi connectivity index (χ0v) is 16.9. The molecule has 0 N–H and O–H groups in total. The Morgan fingerprint density at radius 3 is 2.69 bits per heavy atom. The van der Waals surface area contributed by atoms with E-state index in [4.69, 9.17) is 21.1 Å². The Hall–Kier alpha value is -2.64. The highest BCUT2D eigenvalue weighted by Crippen LogP contribution is 2.26. The van der Waals surface area contributed by atoms with E-state index >= 15 is 0 Å². The molecule has 1 aliphatic rings. The Bertz CT molecular complexity index is 1080. The third-order valence-electron chi connectivity index (χ3n) is 5.11. The summed E-state index contributed by atoms with van der Waals surface area (Å²) in [5, 5.41) is 5.20. The van der Waals surface area contributed by atoms with Crippen molar-refractivity contribution in [2.45, 2.75) is 32.2 Å². The number of carbonyl (C=O) groups excluding carboxylic acids is 1. The molecular formula is C21H22ClN3O4. The molecule has 0 radical (unpaired) electrons. The Morgan fingerprint density at radius 2 is 2.00 bits per heavy atom. The van der Waals surface area contributed by atoms with E-state index in [1.807, 2.05) is 34.9 Å². The number of rotatable bonds is 5. The van der Waals surface area contributed by atoms with Crippen LogP contribution in [0.2, 0.25) is 5.02 Å². The summed E-state index contributed by atoms with van der Waals surface area (Å²) in [7, 11) is 0. The minimum Gasteiger partial charge on any atom is -0.462 e. The summed E-state index contributed by atoms with van der Waals surface area (Å²) < 4.78 is 13.7. The van der Waals surface area contributed by atoms with E-state index in [0.717, 1.165) is 24.1 Å². The highest BCUT2D eigenvalue weighted by atomic mass is 35.5. The predicted octanol–water partition coefficient (Wildman–Crippen LogP) is 3.27. The van der Waals surface area contributed by atoms with Crippen LogP contribution in [0, 0.1) is 0 Å². The topological polar surface area (TPSA) is 74.8 Å². The maximum Gasteiger partial charge on any atom is 0.345 e. The van der Waals surface area contributed by atoms with Crippen molar-refractivity contribution in [1.29, 1.82) is 0 Å². The van der Waals surface area contributed by atoms with Crippen LogP contribution in [0.15, 0.2) is 41.3 Å². The van der Waals surface area contributed by atoms with E-state index in [9.17, 15) is 9.59 Å². The second kappa shape index (κ2) is 8.39. The van der Waals surface area contributed by atoms with Crippen molar-refractivity contribution in [3.8, 4) is 0 Å². The Balaban J connectivity index is 1.82. The summed E-state index contributed by atoms with van der Waals surface area (Å²) >= 11 is 5.99. The first kappa shape index (κ1) is 19.7.